The maximum absolute atomic E-state index is 13.5. The molecule has 0 saturated heterocycles. The Labute approximate surface area is 110 Å². The molecule has 0 unspecified atom stereocenters. The Kier molecular flexibility index (Phi) is 5.07. The molecule has 9 heteroatoms. The number of hydrogen-bond donors (Lipinski definition) is 5. The average molecular weight is 269 g/mol. The van der Waals surface area contributed by atoms with Crippen LogP contribution in [0.15, 0.2) is 12.1 Å². The highest BCUT2D eigenvalue weighted by Gasteiger charge is 2.31. The lowest BCUT2D eigenvalue weighted by atomic mass is 9.63. The summed E-state index contributed by atoms with van der Waals surface area (Å²) in [4.78, 5) is 11.8. The molecule has 0 spiro atoms. The van der Waals surface area contributed by atoms with Crippen molar-refractivity contribution in [3.63, 3.8) is 0 Å². The fraction of sp³-hybridized carbons (Fsp3) is 0.300. The number of nitrogens with one attached hydrogen (secondary N) is 1. The molecule has 0 aromatic heterocycles. The predicted molar refractivity (Wildman–Crippen MR) is 68.7 cm³/mol. The van der Waals surface area contributed by atoms with Crippen molar-refractivity contribution in [2.24, 2.45) is 0 Å². The van der Waals surface area contributed by atoms with Crippen molar-refractivity contribution in [2.75, 3.05) is 0 Å². The summed E-state index contributed by atoms with van der Waals surface area (Å²) in [6.45, 7) is 3.39. The minimum absolute atomic E-state index is 0.219. The monoisotopic (exact) mass is 269 g/mol. The molecule has 102 valence electrons. The molecule has 19 heavy (non-hydrogen) atoms. The van der Waals surface area contributed by atoms with Crippen molar-refractivity contribution in [3.05, 3.63) is 23.5 Å². The molecule has 6 nitrogen and oxygen atoms in total. The van der Waals surface area contributed by atoms with E-state index < -0.39 is 36.9 Å². The summed E-state index contributed by atoms with van der Waals surface area (Å²) in [5.41, 5.74) is -1.52. The number of carbonyl (C=O) groups is 1. The maximum atomic E-state index is 13.5. The second-order valence-corrected chi connectivity index (χ2v) is 4.30. The van der Waals surface area contributed by atoms with E-state index in [9.17, 15) is 19.2 Å². The highest BCUT2D eigenvalue weighted by Crippen LogP contribution is 2.02. The molecular formula is C10H14B2FNO5. The number of halogens is 1. The van der Waals surface area contributed by atoms with E-state index in [1.807, 2.05) is 0 Å². The standard InChI is InChI=1S/C10H14B2FNO5/c1-5(2)14-10(15)6-3-4-7(13)9(12(18)19)8(6)11(16)17/h3-5,16-19H,1-2H3,(H,14,15). The van der Waals surface area contributed by atoms with Crippen LogP contribution in [0.5, 0.6) is 0 Å². The van der Waals surface area contributed by atoms with Crippen LogP contribution in [-0.4, -0.2) is 46.3 Å². The lowest BCUT2D eigenvalue weighted by Crippen LogP contribution is -2.54. The Morgan fingerprint density at radius 3 is 2.11 bits per heavy atom. The van der Waals surface area contributed by atoms with E-state index in [1.165, 1.54) is 0 Å². The first-order chi connectivity index (χ1) is 8.75. The summed E-state index contributed by atoms with van der Waals surface area (Å²) in [5, 5.41) is 39.1. The van der Waals surface area contributed by atoms with Crippen LogP contribution in [0.25, 0.3) is 0 Å². The molecule has 1 rings (SSSR count). The largest absolute Gasteiger partial charge is 0.491 e. The van der Waals surface area contributed by atoms with Crippen LogP contribution in [-0.2, 0) is 0 Å². The quantitative estimate of drug-likeness (QED) is 0.383. The zero-order valence-corrected chi connectivity index (χ0v) is 10.5. The summed E-state index contributed by atoms with van der Waals surface area (Å²) in [5.74, 6) is -1.71. The highest BCUT2D eigenvalue weighted by atomic mass is 19.1. The zero-order valence-electron chi connectivity index (χ0n) is 10.5. The first-order valence-electron chi connectivity index (χ1n) is 5.61. The van der Waals surface area contributed by atoms with Gasteiger partial charge in [0.25, 0.3) is 5.91 Å². The summed E-state index contributed by atoms with van der Waals surface area (Å²) in [6, 6.07) is 1.69. The fourth-order valence-electron chi connectivity index (χ4n) is 1.69. The molecule has 0 saturated carbocycles. The molecule has 1 aromatic carbocycles. The van der Waals surface area contributed by atoms with E-state index in [0.717, 1.165) is 12.1 Å². The van der Waals surface area contributed by atoms with Crippen molar-refractivity contribution in [2.45, 2.75) is 19.9 Å². The van der Waals surface area contributed by atoms with Gasteiger partial charge in [-0.25, -0.2) is 4.39 Å². The van der Waals surface area contributed by atoms with Gasteiger partial charge in [0, 0.05) is 17.1 Å². The molecule has 0 heterocycles. The third-order valence-corrected chi connectivity index (χ3v) is 2.41. The van der Waals surface area contributed by atoms with Gasteiger partial charge < -0.3 is 25.4 Å². The number of hydrogen-bond acceptors (Lipinski definition) is 5. The number of carbonyl (C=O) groups excluding carboxylic acids is 1. The number of rotatable bonds is 4. The Hall–Kier alpha value is -1.41. The number of amides is 1. The van der Waals surface area contributed by atoms with Crippen LogP contribution in [0.3, 0.4) is 0 Å². The molecule has 0 fully saturated rings. The van der Waals surface area contributed by atoms with Gasteiger partial charge in [0.05, 0.1) is 0 Å². The second kappa shape index (κ2) is 6.16. The van der Waals surface area contributed by atoms with Crippen LogP contribution in [0.1, 0.15) is 24.2 Å². The smallest absolute Gasteiger partial charge is 0.423 e. The van der Waals surface area contributed by atoms with Crippen molar-refractivity contribution in [3.8, 4) is 0 Å². The average Bonchev–Trinajstić information content (AvgIpc) is 2.26. The normalized spacial score (nSPS) is 10.5. The first kappa shape index (κ1) is 15.6. The molecule has 5 N–H and O–H groups in total. The summed E-state index contributed by atoms with van der Waals surface area (Å²) in [7, 11) is -4.47. The third-order valence-electron chi connectivity index (χ3n) is 2.41. The summed E-state index contributed by atoms with van der Waals surface area (Å²) in [6.07, 6.45) is 0. The molecule has 0 aliphatic rings. The van der Waals surface area contributed by atoms with Gasteiger partial charge in [-0.1, -0.05) is 0 Å². The number of benzene rings is 1. The lowest BCUT2D eigenvalue weighted by molar-refractivity contribution is 0.0944. The van der Waals surface area contributed by atoms with Gasteiger partial charge in [-0.2, -0.15) is 0 Å². The van der Waals surface area contributed by atoms with Crippen LogP contribution >= 0.6 is 0 Å². The molecule has 0 aliphatic heterocycles. The van der Waals surface area contributed by atoms with E-state index >= 15 is 0 Å². The fourth-order valence-corrected chi connectivity index (χ4v) is 1.69. The van der Waals surface area contributed by atoms with E-state index in [0.29, 0.717) is 0 Å². The molecule has 0 aliphatic carbocycles. The van der Waals surface area contributed by atoms with Gasteiger partial charge in [-0.15, -0.1) is 0 Å². The van der Waals surface area contributed by atoms with Gasteiger partial charge >= 0.3 is 14.2 Å². The Morgan fingerprint density at radius 2 is 1.68 bits per heavy atom. The minimum Gasteiger partial charge on any atom is -0.423 e. The molecule has 0 bridgehead atoms. The summed E-state index contributed by atoms with van der Waals surface area (Å²) >= 11 is 0. The molecular weight excluding hydrogens is 255 g/mol. The van der Waals surface area contributed by atoms with E-state index in [4.69, 9.17) is 10.0 Å². The topological polar surface area (TPSA) is 110 Å². The van der Waals surface area contributed by atoms with E-state index in [1.54, 1.807) is 13.8 Å². The van der Waals surface area contributed by atoms with Crippen molar-refractivity contribution >= 4 is 31.1 Å². The lowest BCUT2D eigenvalue weighted by Gasteiger charge is -2.16. The van der Waals surface area contributed by atoms with Crippen LogP contribution < -0.4 is 16.2 Å². The van der Waals surface area contributed by atoms with Gasteiger partial charge in [0.15, 0.2) is 0 Å². The van der Waals surface area contributed by atoms with E-state index in [2.05, 4.69) is 5.32 Å². The van der Waals surface area contributed by atoms with Crippen LogP contribution in [0, 0.1) is 5.82 Å². The van der Waals surface area contributed by atoms with Gasteiger partial charge in [-0.05, 0) is 31.4 Å². The van der Waals surface area contributed by atoms with Crippen LogP contribution in [0.4, 0.5) is 4.39 Å². The van der Waals surface area contributed by atoms with Crippen LogP contribution in [0.2, 0.25) is 0 Å². The second-order valence-electron chi connectivity index (χ2n) is 4.30. The van der Waals surface area contributed by atoms with Gasteiger partial charge in [0.1, 0.15) is 5.82 Å². The first-order valence-corrected chi connectivity index (χ1v) is 5.61. The third kappa shape index (κ3) is 3.54. The Bertz CT molecular complexity index is 481. The van der Waals surface area contributed by atoms with Crippen molar-refractivity contribution in [1.29, 1.82) is 0 Å². The Morgan fingerprint density at radius 1 is 1.16 bits per heavy atom. The van der Waals surface area contributed by atoms with E-state index in [-0.39, 0.29) is 11.6 Å². The minimum atomic E-state index is -2.26. The predicted octanol–water partition coefficient (Wildman–Crippen LogP) is -2.68. The molecule has 1 aromatic rings. The van der Waals surface area contributed by atoms with Gasteiger partial charge in [0.2, 0.25) is 0 Å². The van der Waals surface area contributed by atoms with Gasteiger partial charge in [-0.3, -0.25) is 4.79 Å². The SMILES string of the molecule is CC(C)NC(=O)c1ccc(F)c(B(O)O)c1B(O)O. The van der Waals surface area contributed by atoms with Crippen molar-refractivity contribution < 1.29 is 29.3 Å². The molecule has 0 radical (unpaired) electrons. The summed E-state index contributed by atoms with van der Waals surface area (Å²) < 4.78 is 13.5. The molecule has 0 atom stereocenters. The maximum Gasteiger partial charge on any atom is 0.491 e. The highest BCUT2D eigenvalue weighted by molar-refractivity contribution is 6.72. The zero-order chi connectivity index (χ0) is 14.7. The van der Waals surface area contributed by atoms with Crippen molar-refractivity contribution in [1.82, 2.24) is 5.32 Å². The molecule has 1 amide bonds. The Balaban J connectivity index is 3.40.